The lowest BCUT2D eigenvalue weighted by Crippen LogP contribution is -2.25. The van der Waals surface area contributed by atoms with Crippen molar-refractivity contribution < 1.29 is 14.0 Å². The molecule has 0 fully saturated rings. The number of rotatable bonds is 6. The molecule has 0 spiro atoms. The van der Waals surface area contributed by atoms with Crippen LogP contribution >= 0.6 is 0 Å². The Labute approximate surface area is 122 Å². The largest absolute Gasteiger partial charge is 0.467 e. The van der Waals surface area contributed by atoms with Crippen molar-refractivity contribution in [3.8, 4) is 0 Å². The van der Waals surface area contributed by atoms with E-state index in [1.54, 1.807) is 48.7 Å². The zero-order chi connectivity index (χ0) is 15.1. The fourth-order valence-electron chi connectivity index (χ4n) is 1.75. The highest BCUT2D eigenvalue weighted by atomic mass is 16.3. The molecule has 1 aromatic carbocycles. The molecule has 0 aliphatic carbocycles. The van der Waals surface area contributed by atoms with E-state index in [1.165, 1.54) is 0 Å². The van der Waals surface area contributed by atoms with Crippen LogP contribution in [0.1, 0.15) is 26.5 Å². The number of benzene rings is 1. The molecule has 2 N–H and O–H groups in total. The normalized spacial score (nSPS) is 9.90. The summed E-state index contributed by atoms with van der Waals surface area (Å²) in [5.74, 6) is 0.170. The highest BCUT2D eigenvalue weighted by Gasteiger charge is 2.10. The van der Waals surface area contributed by atoms with Gasteiger partial charge in [-0.1, -0.05) is 12.1 Å². The van der Waals surface area contributed by atoms with Gasteiger partial charge in [0.1, 0.15) is 5.76 Å². The van der Waals surface area contributed by atoms with Gasteiger partial charge < -0.3 is 15.1 Å². The van der Waals surface area contributed by atoms with E-state index in [2.05, 4.69) is 17.2 Å². The molecule has 0 unspecified atom stereocenters. The van der Waals surface area contributed by atoms with Crippen LogP contribution in [-0.4, -0.2) is 18.4 Å². The maximum absolute atomic E-state index is 12.0. The first-order valence-electron chi connectivity index (χ1n) is 6.50. The molecule has 2 aromatic rings. The highest BCUT2D eigenvalue weighted by molar-refractivity contribution is 5.99. The SMILES string of the molecule is C=CCNC(=O)c1cccc(C(=O)NCc2ccco2)c1. The Hall–Kier alpha value is -2.82. The van der Waals surface area contributed by atoms with Crippen molar-refractivity contribution in [3.63, 3.8) is 0 Å². The molecule has 0 aliphatic rings. The number of hydrogen-bond acceptors (Lipinski definition) is 3. The quantitative estimate of drug-likeness (QED) is 0.798. The van der Waals surface area contributed by atoms with Crippen molar-refractivity contribution in [1.82, 2.24) is 10.6 Å². The van der Waals surface area contributed by atoms with Crippen LogP contribution in [0.5, 0.6) is 0 Å². The molecule has 0 radical (unpaired) electrons. The van der Waals surface area contributed by atoms with Crippen LogP contribution in [0, 0.1) is 0 Å². The van der Waals surface area contributed by atoms with E-state index < -0.39 is 0 Å². The van der Waals surface area contributed by atoms with Gasteiger partial charge in [-0.3, -0.25) is 9.59 Å². The van der Waals surface area contributed by atoms with Crippen molar-refractivity contribution in [3.05, 3.63) is 72.2 Å². The van der Waals surface area contributed by atoms with Crippen LogP contribution in [0.25, 0.3) is 0 Å². The number of hydrogen-bond donors (Lipinski definition) is 2. The number of carbonyl (C=O) groups excluding carboxylic acids is 2. The van der Waals surface area contributed by atoms with E-state index >= 15 is 0 Å². The molecule has 5 heteroatoms. The van der Waals surface area contributed by atoms with Gasteiger partial charge in [0.05, 0.1) is 12.8 Å². The molecular weight excluding hydrogens is 268 g/mol. The second-order valence-electron chi connectivity index (χ2n) is 4.34. The zero-order valence-electron chi connectivity index (χ0n) is 11.5. The molecule has 2 amide bonds. The molecule has 2 rings (SSSR count). The van der Waals surface area contributed by atoms with Crippen LogP contribution in [0.4, 0.5) is 0 Å². The molecular formula is C16H16N2O3. The monoisotopic (exact) mass is 284 g/mol. The molecule has 0 atom stereocenters. The van der Waals surface area contributed by atoms with Gasteiger partial charge in [-0.05, 0) is 30.3 Å². The molecule has 5 nitrogen and oxygen atoms in total. The van der Waals surface area contributed by atoms with E-state index in [-0.39, 0.29) is 11.8 Å². The summed E-state index contributed by atoms with van der Waals surface area (Å²) in [6.07, 6.45) is 3.14. The fourth-order valence-corrected chi connectivity index (χ4v) is 1.75. The van der Waals surface area contributed by atoms with E-state index in [1.807, 2.05) is 0 Å². The smallest absolute Gasteiger partial charge is 0.251 e. The summed E-state index contributed by atoms with van der Waals surface area (Å²) in [5.41, 5.74) is 0.857. The van der Waals surface area contributed by atoms with Gasteiger partial charge in [0.25, 0.3) is 11.8 Å². The van der Waals surface area contributed by atoms with Gasteiger partial charge in [-0.25, -0.2) is 0 Å². The average Bonchev–Trinajstić information content (AvgIpc) is 3.03. The third kappa shape index (κ3) is 4.07. The van der Waals surface area contributed by atoms with Crippen LogP contribution < -0.4 is 10.6 Å². The minimum atomic E-state index is -0.259. The Bertz CT molecular complexity index is 633. The molecule has 0 saturated heterocycles. The van der Waals surface area contributed by atoms with Gasteiger partial charge in [0.2, 0.25) is 0 Å². The summed E-state index contributed by atoms with van der Waals surface area (Å²) in [6, 6.07) is 10.1. The van der Waals surface area contributed by atoms with E-state index in [4.69, 9.17) is 4.42 Å². The van der Waals surface area contributed by atoms with Crippen molar-refractivity contribution in [2.45, 2.75) is 6.54 Å². The number of carbonyl (C=O) groups is 2. The number of furan rings is 1. The lowest BCUT2D eigenvalue weighted by atomic mass is 10.1. The predicted octanol–water partition coefficient (Wildman–Crippen LogP) is 2.13. The molecule has 0 bridgehead atoms. The Morgan fingerprint density at radius 1 is 1.10 bits per heavy atom. The lowest BCUT2D eigenvalue weighted by molar-refractivity contribution is 0.0948. The predicted molar refractivity (Wildman–Crippen MR) is 78.9 cm³/mol. The van der Waals surface area contributed by atoms with Gasteiger partial charge in [0.15, 0.2) is 0 Å². The maximum Gasteiger partial charge on any atom is 0.251 e. The van der Waals surface area contributed by atoms with Crippen molar-refractivity contribution >= 4 is 11.8 Å². The Morgan fingerprint density at radius 2 is 1.81 bits per heavy atom. The minimum absolute atomic E-state index is 0.240. The summed E-state index contributed by atoms with van der Waals surface area (Å²) in [5, 5.41) is 5.40. The fraction of sp³-hybridized carbons (Fsp3) is 0.125. The van der Waals surface area contributed by atoms with E-state index in [0.29, 0.717) is 30.0 Å². The third-order valence-electron chi connectivity index (χ3n) is 2.80. The van der Waals surface area contributed by atoms with E-state index in [9.17, 15) is 9.59 Å². The molecule has 0 saturated carbocycles. The Balaban J connectivity index is 2.00. The average molecular weight is 284 g/mol. The Kier molecular flexibility index (Phi) is 4.93. The molecule has 1 heterocycles. The first-order chi connectivity index (χ1) is 10.2. The number of amides is 2. The summed E-state index contributed by atoms with van der Waals surface area (Å²) >= 11 is 0. The third-order valence-corrected chi connectivity index (χ3v) is 2.80. The topological polar surface area (TPSA) is 71.3 Å². The standard InChI is InChI=1S/C16H16N2O3/c1-2-8-17-15(19)12-5-3-6-13(10-12)16(20)18-11-14-7-4-9-21-14/h2-7,9-10H,1,8,11H2,(H,17,19)(H,18,20). The Morgan fingerprint density at radius 3 is 2.43 bits per heavy atom. The minimum Gasteiger partial charge on any atom is -0.467 e. The van der Waals surface area contributed by atoms with Crippen LogP contribution in [0.2, 0.25) is 0 Å². The first-order valence-corrected chi connectivity index (χ1v) is 6.50. The highest BCUT2D eigenvalue weighted by Crippen LogP contribution is 2.06. The zero-order valence-corrected chi connectivity index (χ0v) is 11.5. The maximum atomic E-state index is 12.0. The molecule has 108 valence electrons. The van der Waals surface area contributed by atoms with Crippen molar-refractivity contribution in [1.29, 1.82) is 0 Å². The summed E-state index contributed by atoms with van der Waals surface area (Å²) in [4.78, 5) is 23.8. The van der Waals surface area contributed by atoms with Crippen molar-refractivity contribution in [2.75, 3.05) is 6.54 Å². The molecule has 0 aliphatic heterocycles. The van der Waals surface area contributed by atoms with E-state index in [0.717, 1.165) is 0 Å². The summed E-state index contributed by atoms with van der Waals surface area (Å²) < 4.78 is 5.14. The number of nitrogens with one attached hydrogen (secondary N) is 2. The van der Waals surface area contributed by atoms with Crippen LogP contribution in [0.15, 0.2) is 59.7 Å². The van der Waals surface area contributed by atoms with Crippen molar-refractivity contribution in [2.24, 2.45) is 0 Å². The van der Waals surface area contributed by atoms with Gasteiger partial charge >= 0.3 is 0 Å². The van der Waals surface area contributed by atoms with Crippen LogP contribution in [-0.2, 0) is 6.54 Å². The summed E-state index contributed by atoms with van der Waals surface area (Å²) in [7, 11) is 0. The molecule has 21 heavy (non-hydrogen) atoms. The van der Waals surface area contributed by atoms with Crippen LogP contribution in [0.3, 0.4) is 0 Å². The second kappa shape index (κ2) is 7.09. The lowest BCUT2D eigenvalue weighted by Gasteiger charge is -2.06. The van der Waals surface area contributed by atoms with Gasteiger partial charge in [-0.15, -0.1) is 6.58 Å². The summed E-state index contributed by atoms with van der Waals surface area (Å²) in [6.45, 7) is 4.22. The first kappa shape index (κ1) is 14.6. The van der Waals surface area contributed by atoms with Gasteiger partial charge in [0, 0.05) is 17.7 Å². The second-order valence-corrected chi connectivity index (χ2v) is 4.34. The van der Waals surface area contributed by atoms with Gasteiger partial charge in [-0.2, -0.15) is 0 Å². The molecule has 1 aromatic heterocycles.